The number of aliphatic hydroxyl groups excluding tert-OH is 1. The van der Waals surface area contributed by atoms with Crippen LogP contribution in [0, 0.1) is 0 Å². The van der Waals surface area contributed by atoms with E-state index in [4.69, 9.17) is 11.6 Å². The van der Waals surface area contributed by atoms with Gasteiger partial charge in [-0.3, -0.25) is 0 Å². The van der Waals surface area contributed by atoms with Crippen molar-refractivity contribution in [3.8, 4) is 0 Å². The highest BCUT2D eigenvalue weighted by atomic mass is 35.5. The molecule has 1 fully saturated rings. The molecule has 4 heteroatoms. The summed E-state index contributed by atoms with van der Waals surface area (Å²) in [4.78, 5) is 2.22. The fourth-order valence-electron chi connectivity index (χ4n) is 2.29. The van der Waals surface area contributed by atoms with Gasteiger partial charge in [0.2, 0.25) is 0 Å². The number of anilines is 1. The zero-order valence-electron chi connectivity index (χ0n) is 11.0. The van der Waals surface area contributed by atoms with Gasteiger partial charge in [-0.15, -0.1) is 0 Å². The first-order valence-corrected chi connectivity index (χ1v) is 6.89. The molecule has 1 aromatic rings. The predicted octanol–water partition coefficient (Wildman–Crippen LogP) is 2.41. The predicted molar refractivity (Wildman–Crippen MR) is 76.3 cm³/mol. The minimum absolute atomic E-state index is 0.213. The van der Waals surface area contributed by atoms with Crippen LogP contribution in [0.25, 0.3) is 0 Å². The quantitative estimate of drug-likeness (QED) is 0.880. The maximum absolute atomic E-state index is 9.65. The lowest BCUT2D eigenvalue weighted by Crippen LogP contribution is -2.26. The fourth-order valence-corrected chi connectivity index (χ4v) is 2.52. The first-order chi connectivity index (χ1) is 8.58. The van der Waals surface area contributed by atoms with E-state index in [-0.39, 0.29) is 6.10 Å². The van der Waals surface area contributed by atoms with Crippen LogP contribution >= 0.6 is 11.6 Å². The second-order valence-electron chi connectivity index (χ2n) is 5.16. The molecule has 1 atom stereocenters. The Morgan fingerprint density at radius 1 is 1.50 bits per heavy atom. The molecule has 2 rings (SSSR count). The molecule has 0 aliphatic carbocycles. The monoisotopic (exact) mass is 268 g/mol. The number of halogens is 1. The summed E-state index contributed by atoms with van der Waals surface area (Å²) in [6.45, 7) is 6.61. The van der Waals surface area contributed by atoms with E-state index < -0.39 is 0 Å². The van der Waals surface area contributed by atoms with Gasteiger partial charge < -0.3 is 15.3 Å². The molecule has 0 bridgehead atoms. The molecule has 0 amide bonds. The third-order valence-corrected chi connectivity index (χ3v) is 3.64. The van der Waals surface area contributed by atoms with Crippen LogP contribution in [-0.4, -0.2) is 30.3 Å². The molecule has 18 heavy (non-hydrogen) atoms. The average molecular weight is 269 g/mol. The zero-order valence-corrected chi connectivity index (χ0v) is 11.7. The Hall–Kier alpha value is -0.770. The van der Waals surface area contributed by atoms with Crippen molar-refractivity contribution in [3.05, 3.63) is 28.8 Å². The van der Waals surface area contributed by atoms with Gasteiger partial charge in [0.05, 0.1) is 6.10 Å². The van der Waals surface area contributed by atoms with Crippen LogP contribution in [0.5, 0.6) is 0 Å². The summed E-state index contributed by atoms with van der Waals surface area (Å²) < 4.78 is 0. The Morgan fingerprint density at radius 2 is 2.28 bits per heavy atom. The van der Waals surface area contributed by atoms with E-state index in [1.165, 1.54) is 0 Å². The molecule has 1 saturated heterocycles. The van der Waals surface area contributed by atoms with Crippen molar-refractivity contribution >= 4 is 17.3 Å². The van der Waals surface area contributed by atoms with Crippen molar-refractivity contribution in [2.45, 2.75) is 39.0 Å². The van der Waals surface area contributed by atoms with Gasteiger partial charge in [-0.05, 0) is 18.6 Å². The van der Waals surface area contributed by atoms with E-state index in [0.717, 1.165) is 35.8 Å². The first kappa shape index (κ1) is 13.7. The highest BCUT2D eigenvalue weighted by Crippen LogP contribution is 2.30. The van der Waals surface area contributed by atoms with E-state index in [1.54, 1.807) is 0 Å². The van der Waals surface area contributed by atoms with Crippen molar-refractivity contribution in [1.82, 2.24) is 5.32 Å². The number of β-amino-alcohol motifs (C(OH)–C–C–N with tert-alkyl or cyclic N) is 1. The van der Waals surface area contributed by atoms with Crippen molar-refractivity contribution in [2.75, 3.05) is 18.0 Å². The molecule has 3 nitrogen and oxygen atoms in total. The number of hydrogen-bond donors (Lipinski definition) is 2. The molecule has 0 spiro atoms. The number of rotatable bonds is 4. The van der Waals surface area contributed by atoms with Crippen molar-refractivity contribution in [1.29, 1.82) is 0 Å². The summed E-state index contributed by atoms with van der Waals surface area (Å²) in [7, 11) is 0. The summed E-state index contributed by atoms with van der Waals surface area (Å²) in [5, 5.41) is 13.8. The lowest BCUT2D eigenvalue weighted by molar-refractivity contribution is 0.198. The van der Waals surface area contributed by atoms with Gasteiger partial charge in [0.1, 0.15) is 0 Å². The van der Waals surface area contributed by atoms with Gasteiger partial charge in [-0.1, -0.05) is 31.5 Å². The summed E-state index contributed by atoms with van der Waals surface area (Å²) >= 11 is 6.30. The molecular weight excluding hydrogens is 248 g/mol. The maximum atomic E-state index is 9.65. The molecule has 0 radical (unpaired) electrons. The first-order valence-electron chi connectivity index (χ1n) is 6.51. The Morgan fingerprint density at radius 3 is 2.89 bits per heavy atom. The Labute approximate surface area is 114 Å². The maximum Gasteiger partial charge on any atom is 0.0731 e. The number of hydrogen-bond acceptors (Lipinski definition) is 3. The minimum Gasteiger partial charge on any atom is -0.391 e. The number of benzene rings is 1. The average Bonchev–Trinajstić information content (AvgIpc) is 2.73. The normalized spacial score (nSPS) is 19.8. The van der Waals surface area contributed by atoms with Crippen LogP contribution in [-0.2, 0) is 6.54 Å². The Balaban J connectivity index is 2.20. The lowest BCUT2D eigenvalue weighted by atomic mass is 10.1. The molecule has 2 N–H and O–H groups in total. The van der Waals surface area contributed by atoms with Gasteiger partial charge in [0, 0.05) is 41.9 Å². The van der Waals surface area contributed by atoms with Crippen LogP contribution in [0.1, 0.15) is 25.8 Å². The van der Waals surface area contributed by atoms with E-state index in [1.807, 2.05) is 12.1 Å². The summed E-state index contributed by atoms with van der Waals surface area (Å²) in [6.07, 6.45) is 0.624. The topological polar surface area (TPSA) is 35.5 Å². The lowest BCUT2D eigenvalue weighted by Gasteiger charge is -2.23. The largest absolute Gasteiger partial charge is 0.391 e. The Bertz CT molecular complexity index is 409. The van der Waals surface area contributed by atoms with E-state index >= 15 is 0 Å². The Kier molecular flexibility index (Phi) is 4.49. The van der Waals surface area contributed by atoms with Gasteiger partial charge in [0.25, 0.3) is 0 Å². The second kappa shape index (κ2) is 5.91. The van der Waals surface area contributed by atoms with E-state index in [9.17, 15) is 5.11 Å². The van der Waals surface area contributed by atoms with Crippen LogP contribution in [0.3, 0.4) is 0 Å². The van der Waals surface area contributed by atoms with Gasteiger partial charge in [0.15, 0.2) is 0 Å². The minimum atomic E-state index is -0.213. The molecule has 1 aliphatic rings. The highest BCUT2D eigenvalue weighted by molar-refractivity contribution is 6.31. The molecule has 0 aromatic heterocycles. The van der Waals surface area contributed by atoms with Gasteiger partial charge in [-0.2, -0.15) is 0 Å². The highest BCUT2D eigenvalue weighted by Gasteiger charge is 2.23. The summed E-state index contributed by atoms with van der Waals surface area (Å²) in [5.74, 6) is 0. The third-order valence-electron chi connectivity index (χ3n) is 3.29. The van der Waals surface area contributed by atoms with Gasteiger partial charge >= 0.3 is 0 Å². The van der Waals surface area contributed by atoms with Crippen LogP contribution in [0.4, 0.5) is 5.69 Å². The third kappa shape index (κ3) is 3.16. The second-order valence-corrected chi connectivity index (χ2v) is 5.57. The zero-order chi connectivity index (χ0) is 13.1. The van der Waals surface area contributed by atoms with Crippen molar-refractivity contribution < 1.29 is 5.11 Å². The summed E-state index contributed by atoms with van der Waals surface area (Å²) in [6, 6.07) is 6.41. The molecule has 1 unspecified atom stereocenters. The van der Waals surface area contributed by atoms with E-state index in [0.29, 0.717) is 12.6 Å². The summed E-state index contributed by atoms with van der Waals surface area (Å²) in [5.41, 5.74) is 2.27. The number of nitrogens with zero attached hydrogens (tertiary/aromatic N) is 1. The number of aliphatic hydroxyl groups is 1. The molecule has 100 valence electrons. The SMILES string of the molecule is CC(C)NCc1c(Cl)cccc1N1CCC(O)C1. The van der Waals surface area contributed by atoms with Crippen LogP contribution in [0.15, 0.2) is 18.2 Å². The van der Waals surface area contributed by atoms with Crippen LogP contribution in [0.2, 0.25) is 5.02 Å². The molecule has 1 heterocycles. The molecule has 1 aliphatic heterocycles. The van der Waals surface area contributed by atoms with E-state index in [2.05, 4.69) is 30.1 Å². The smallest absolute Gasteiger partial charge is 0.0731 e. The molecular formula is C14H21ClN2O. The van der Waals surface area contributed by atoms with Crippen LogP contribution < -0.4 is 10.2 Å². The van der Waals surface area contributed by atoms with Crippen molar-refractivity contribution in [2.24, 2.45) is 0 Å². The van der Waals surface area contributed by atoms with Gasteiger partial charge in [-0.25, -0.2) is 0 Å². The molecule has 0 saturated carbocycles. The number of nitrogens with one attached hydrogen (secondary N) is 1. The molecule has 1 aromatic carbocycles. The van der Waals surface area contributed by atoms with Crippen molar-refractivity contribution in [3.63, 3.8) is 0 Å². The fraction of sp³-hybridized carbons (Fsp3) is 0.571. The standard InChI is InChI=1S/C14H21ClN2O/c1-10(2)16-8-12-13(15)4-3-5-14(12)17-7-6-11(18)9-17/h3-5,10-11,16,18H,6-9H2,1-2H3.